The van der Waals surface area contributed by atoms with Crippen molar-refractivity contribution in [1.82, 2.24) is 0 Å². The molecule has 0 aliphatic carbocycles. The van der Waals surface area contributed by atoms with Crippen LogP contribution >= 0.6 is 23.2 Å². The third-order valence-electron chi connectivity index (χ3n) is 1.75. The van der Waals surface area contributed by atoms with Gasteiger partial charge in [0.1, 0.15) is 4.90 Å². The minimum atomic E-state index is -3.86. The van der Waals surface area contributed by atoms with Crippen LogP contribution in [0.3, 0.4) is 0 Å². The molecule has 3 nitrogen and oxygen atoms in total. The van der Waals surface area contributed by atoms with Crippen LogP contribution in [0.25, 0.3) is 0 Å². The molecule has 0 aromatic heterocycles. The zero-order valence-electron chi connectivity index (χ0n) is 8.42. The van der Waals surface area contributed by atoms with Crippen LogP contribution in [0.15, 0.2) is 17.0 Å². The Hall–Kier alpha value is -0.730. The highest BCUT2D eigenvalue weighted by molar-refractivity contribution is 7.89. The van der Waals surface area contributed by atoms with Crippen molar-refractivity contribution < 1.29 is 8.42 Å². The summed E-state index contributed by atoms with van der Waals surface area (Å²) in [6.07, 6.45) is 0.672. The van der Waals surface area contributed by atoms with Crippen LogP contribution in [0.2, 0.25) is 10.0 Å². The van der Waals surface area contributed by atoms with Gasteiger partial charge in [-0.05, 0) is 12.1 Å². The number of hydrogen-bond acceptors (Lipinski definition) is 2. The Bertz CT molecular complexity index is 570. The molecule has 6 heteroatoms. The van der Waals surface area contributed by atoms with E-state index in [0.717, 1.165) is 0 Å². The molecule has 0 aliphatic rings. The predicted octanol–water partition coefficient (Wildman–Crippen LogP) is 2.40. The van der Waals surface area contributed by atoms with Gasteiger partial charge >= 0.3 is 0 Å². The van der Waals surface area contributed by atoms with Crippen LogP contribution in [0.4, 0.5) is 0 Å². The Morgan fingerprint density at radius 2 is 1.94 bits per heavy atom. The largest absolute Gasteiger partial charge is 0.239 e. The van der Waals surface area contributed by atoms with E-state index < -0.39 is 10.0 Å². The smallest absolute Gasteiger partial charge is 0.225 e. The van der Waals surface area contributed by atoms with Crippen molar-refractivity contribution in [3.05, 3.63) is 27.7 Å². The van der Waals surface area contributed by atoms with E-state index in [9.17, 15) is 8.42 Å². The number of nitrogens with two attached hydrogens (primary N) is 1. The van der Waals surface area contributed by atoms with E-state index in [1.54, 1.807) is 0 Å². The van der Waals surface area contributed by atoms with Crippen molar-refractivity contribution in [2.75, 3.05) is 0 Å². The molecule has 1 aromatic rings. The van der Waals surface area contributed by atoms with Gasteiger partial charge in [-0.1, -0.05) is 42.0 Å². The molecule has 0 unspecified atom stereocenters. The fraction of sp³-hybridized carbons (Fsp3) is 0.200. The lowest BCUT2D eigenvalue weighted by atomic mass is 10.2. The Morgan fingerprint density at radius 1 is 1.31 bits per heavy atom. The maximum atomic E-state index is 11.1. The molecule has 0 radical (unpaired) electrons. The molecule has 0 fully saturated rings. The number of benzene rings is 1. The maximum absolute atomic E-state index is 11.1. The predicted molar refractivity (Wildman–Crippen MR) is 65.0 cm³/mol. The summed E-state index contributed by atoms with van der Waals surface area (Å²) in [5.74, 6) is 5.60. The van der Waals surface area contributed by atoms with Crippen molar-refractivity contribution >= 4 is 33.2 Å². The minimum Gasteiger partial charge on any atom is -0.225 e. The fourth-order valence-corrected chi connectivity index (χ4v) is 2.40. The molecule has 0 atom stereocenters. The van der Waals surface area contributed by atoms with Crippen molar-refractivity contribution in [2.24, 2.45) is 5.14 Å². The van der Waals surface area contributed by atoms with E-state index in [4.69, 9.17) is 28.3 Å². The molecule has 0 saturated heterocycles. The van der Waals surface area contributed by atoms with E-state index in [2.05, 4.69) is 11.8 Å². The van der Waals surface area contributed by atoms with Crippen LogP contribution in [-0.4, -0.2) is 8.42 Å². The normalized spacial score (nSPS) is 10.8. The van der Waals surface area contributed by atoms with Gasteiger partial charge in [0.25, 0.3) is 0 Å². The number of sulfonamides is 1. The summed E-state index contributed by atoms with van der Waals surface area (Å²) in [7, 11) is -3.86. The van der Waals surface area contributed by atoms with E-state index in [0.29, 0.717) is 12.0 Å². The highest BCUT2D eigenvalue weighted by atomic mass is 35.5. The van der Waals surface area contributed by atoms with Crippen molar-refractivity contribution in [2.45, 2.75) is 18.2 Å². The first-order valence-corrected chi connectivity index (χ1v) is 6.67. The number of rotatable bonds is 1. The van der Waals surface area contributed by atoms with Gasteiger partial charge < -0.3 is 0 Å². The second kappa shape index (κ2) is 5.07. The molecule has 2 N–H and O–H groups in total. The van der Waals surface area contributed by atoms with Crippen LogP contribution in [0.5, 0.6) is 0 Å². The third kappa shape index (κ3) is 2.89. The van der Waals surface area contributed by atoms with Gasteiger partial charge in [0.15, 0.2) is 0 Å². The number of halogens is 2. The Balaban J connectivity index is 3.41. The van der Waals surface area contributed by atoms with E-state index in [1.165, 1.54) is 12.1 Å². The van der Waals surface area contributed by atoms with Crippen molar-refractivity contribution in [3.8, 4) is 11.8 Å². The van der Waals surface area contributed by atoms with Gasteiger partial charge in [0.2, 0.25) is 10.0 Å². The van der Waals surface area contributed by atoms with Crippen LogP contribution in [-0.2, 0) is 10.0 Å². The van der Waals surface area contributed by atoms with Gasteiger partial charge in [0.05, 0.1) is 10.0 Å². The second-order valence-electron chi connectivity index (χ2n) is 2.94. The highest BCUT2D eigenvalue weighted by Crippen LogP contribution is 2.31. The molecular formula is C10H9Cl2NO2S. The highest BCUT2D eigenvalue weighted by Gasteiger charge is 2.16. The molecule has 0 bridgehead atoms. The zero-order valence-corrected chi connectivity index (χ0v) is 10.7. The Morgan fingerprint density at radius 3 is 2.44 bits per heavy atom. The van der Waals surface area contributed by atoms with E-state index in [-0.39, 0.29) is 14.9 Å². The summed E-state index contributed by atoms with van der Waals surface area (Å²) in [5.41, 5.74) is 0.487. The average molecular weight is 278 g/mol. The molecule has 0 saturated carbocycles. The molecule has 16 heavy (non-hydrogen) atoms. The summed E-state index contributed by atoms with van der Waals surface area (Å²) < 4.78 is 22.3. The summed E-state index contributed by atoms with van der Waals surface area (Å²) in [4.78, 5) is -0.193. The first-order chi connectivity index (χ1) is 7.38. The number of primary sulfonamides is 1. The number of hydrogen-bond donors (Lipinski definition) is 1. The lowest BCUT2D eigenvalue weighted by Gasteiger charge is -2.04. The van der Waals surface area contributed by atoms with Crippen molar-refractivity contribution in [1.29, 1.82) is 0 Å². The quantitative estimate of drug-likeness (QED) is 0.802. The van der Waals surface area contributed by atoms with E-state index >= 15 is 0 Å². The second-order valence-corrected chi connectivity index (χ2v) is 5.23. The zero-order chi connectivity index (χ0) is 12.3. The van der Waals surface area contributed by atoms with Crippen LogP contribution in [0, 0.1) is 11.8 Å². The standard InChI is InChI=1S/C10H9Cl2NO2S/c1-2-3-4-7-5-6-8(16(13,14)15)10(12)9(7)11/h5-6H,2H2,1H3,(H2,13,14,15). The molecule has 1 rings (SSSR count). The summed E-state index contributed by atoms with van der Waals surface area (Å²) >= 11 is 11.7. The Labute approximate surface area is 105 Å². The molecule has 0 spiro atoms. The average Bonchev–Trinajstić information content (AvgIpc) is 2.18. The molecule has 86 valence electrons. The molecular weight excluding hydrogens is 269 g/mol. The SMILES string of the molecule is CCC#Cc1ccc(S(N)(=O)=O)c(Cl)c1Cl. The van der Waals surface area contributed by atoms with Gasteiger partial charge in [-0.3, -0.25) is 0 Å². The topological polar surface area (TPSA) is 60.2 Å². The Kier molecular flexibility index (Phi) is 4.22. The minimum absolute atomic E-state index is 0.0907. The van der Waals surface area contributed by atoms with Crippen LogP contribution in [0.1, 0.15) is 18.9 Å². The first-order valence-electron chi connectivity index (χ1n) is 4.37. The molecule has 0 amide bonds. The molecule has 0 aliphatic heterocycles. The third-order valence-corrected chi connectivity index (χ3v) is 3.70. The lowest BCUT2D eigenvalue weighted by Crippen LogP contribution is -2.12. The lowest BCUT2D eigenvalue weighted by molar-refractivity contribution is 0.598. The first kappa shape index (κ1) is 13.3. The fourth-order valence-electron chi connectivity index (χ4n) is 1.03. The summed E-state index contributed by atoms with van der Waals surface area (Å²) in [5, 5.41) is 4.98. The monoisotopic (exact) mass is 277 g/mol. The van der Waals surface area contributed by atoms with Gasteiger partial charge in [-0.25, -0.2) is 13.6 Å². The molecule has 0 heterocycles. The molecule has 1 aromatic carbocycles. The maximum Gasteiger partial charge on any atom is 0.239 e. The van der Waals surface area contributed by atoms with Crippen LogP contribution < -0.4 is 5.14 Å². The van der Waals surface area contributed by atoms with Gasteiger partial charge in [-0.15, -0.1) is 0 Å². The van der Waals surface area contributed by atoms with E-state index in [1.807, 2.05) is 6.92 Å². The van der Waals surface area contributed by atoms with Gasteiger partial charge in [0, 0.05) is 12.0 Å². The van der Waals surface area contributed by atoms with Gasteiger partial charge in [-0.2, -0.15) is 0 Å². The summed E-state index contributed by atoms with van der Waals surface area (Å²) in [6.45, 7) is 1.89. The summed E-state index contributed by atoms with van der Waals surface area (Å²) in [6, 6.07) is 2.78. The van der Waals surface area contributed by atoms with Crippen molar-refractivity contribution in [3.63, 3.8) is 0 Å².